The maximum atomic E-state index is 13.8. The number of methoxy groups -OCH3 is 1. The minimum absolute atomic E-state index is 0.0517. The summed E-state index contributed by atoms with van der Waals surface area (Å²) in [5.41, 5.74) is 0.352. The van der Waals surface area contributed by atoms with E-state index >= 15 is 0 Å². The first-order valence-corrected chi connectivity index (χ1v) is 7.36. The topological polar surface area (TPSA) is 58.6 Å². The predicted octanol–water partition coefficient (Wildman–Crippen LogP) is 0.951. The minimum Gasteiger partial charge on any atom is -0.383 e. The first-order valence-electron chi connectivity index (χ1n) is 5.92. The van der Waals surface area contributed by atoms with Crippen molar-refractivity contribution in [3.05, 3.63) is 29.3 Å². The van der Waals surface area contributed by atoms with E-state index < -0.39 is 26.6 Å². The number of hydrogen-bond donors (Lipinski definition) is 1. The summed E-state index contributed by atoms with van der Waals surface area (Å²) in [5.74, 6) is -2.55. The van der Waals surface area contributed by atoms with Gasteiger partial charge in [0.1, 0.15) is 4.90 Å². The van der Waals surface area contributed by atoms with Gasteiger partial charge in [0.2, 0.25) is 10.0 Å². The van der Waals surface area contributed by atoms with Crippen molar-refractivity contribution < 1.29 is 21.9 Å². The Morgan fingerprint density at radius 3 is 2.55 bits per heavy atom. The van der Waals surface area contributed by atoms with Crippen molar-refractivity contribution in [2.75, 3.05) is 34.4 Å². The molecule has 5 nitrogen and oxygen atoms in total. The highest BCUT2D eigenvalue weighted by molar-refractivity contribution is 7.89. The molecule has 1 aromatic carbocycles. The number of benzene rings is 1. The van der Waals surface area contributed by atoms with Crippen LogP contribution in [0.5, 0.6) is 0 Å². The van der Waals surface area contributed by atoms with Crippen LogP contribution in [0.15, 0.2) is 17.0 Å². The molecule has 114 valence electrons. The molecule has 0 heterocycles. The molecule has 8 heteroatoms. The molecule has 0 radical (unpaired) electrons. The average molecular weight is 308 g/mol. The number of rotatable bonds is 7. The molecule has 0 saturated carbocycles. The van der Waals surface area contributed by atoms with Crippen molar-refractivity contribution in [3.63, 3.8) is 0 Å². The van der Waals surface area contributed by atoms with Crippen LogP contribution >= 0.6 is 0 Å². The number of ether oxygens (including phenoxy) is 1. The molecule has 1 aromatic rings. The first kappa shape index (κ1) is 17.0. The summed E-state index contributed by atoms with van der Waals surface area (Å²) in [5, 5.41) is 2.76. The molecule has 0 spiro atoms. The molecule has 0 bridgehead atoms. The normalized spacial score (nSPS) is 12.1. The van der Waals surface area contributed by atoms with Crippen molar-refractivity contribution in [2.45, 2.75) is 11.4 Å². The smallest absolute Gasteiger partial charge is 0.245 e. The zero-order chi connectivity index (χ0) is 15.3. The zero-order valence-corrected chi connectivity index (χ0v) is 12.4. The molecule has 0 saturated heterocycles. The van der Waals surface area contributed by atoms with Gasteiger partial charge in [-0.25, -0.2) is 17.2 Å². The van der Waals surface area contributed by atoms with Crippen molar-refractivity contribution in [2.24, 2.45) is 0 Å². The van der Waals surface area contributed by atoms with Gasteiger partial charge in [-0.05, 0) is 24.7 Å². The second-order valence-electron chi connectivity index (χ2n) is 4.24. The largest absolute Gasteiger partial charge is 0.383 e. The lowest BCUT2D eigenvalue weighted by molar-refractivity contribution is 0.185. The fraction of sp³-hybridized carbons (Fsp3) is 0.500. The van der Waals surface area contributed by atoms with E-state index in [1.807, 2.05) is 0 Å². The van der Waals surface area contributed by atoms with E-state index in [1.54, 1.807) is 7.05 Å². The van der Waals surface area contributed by atoms with Crippen LogP contribution in [0.3, 0.4) is 0 Å². The van der Waals surface area contributed by atoms with Crippen molar-refractivity contribution in [3.8, 4) is 0 Å². The number of nitrogens with zero attached hydrogens (tertiary/aromatic N) is 1. The summed E-state index contributed by atoms with van der Waals surface area (Å²) in [6.45, 7) is 0.452. The Kier molecular flexibility index (Phi) is 6.00. The van der Waals surface area contributed by atoms with E-state index in [0.717, 1.165) is 16.4 Å². The Labute approximate surface area is 117 Å². The van der Waals surface area contributed by atoms with Gasteiger partial charge in [0, 0.05) is 27.2 Å². The third-order valence-electron chi connectivity index (χ3n) is 2.73. The van der Waals surface area contributed by atoms with E-state index in [2.05, 4.69) is 5.32 Å². The SMILES string of the molecule is CNCc1cc(F)c(F)c(S(=O)(=O)N(C)CCOC)c1. The monoisotopic (exact) mass is 308 g/mol. The van der Waals surface area contributed by atoms with Gasteiger partial charge >= 0.3 is 0 Å². The van der Waals surface area contributed by atoms with Gasteiger partial charge in [0.15, 0.2) is 11.6 Å². The van der Waals surface area contributed by atoms with Gasteiger partial charge < -0.3 is 10.1 Å². The van der Waals surface area contributed by atoms with E-state index in [9.17, 15) is 17.2 Å². The Balaban J connectivity index is 3.22. The van der Waals surface area contributed by atoms with Gasteiger partial charge in [0.05, 0.1) is 6.61 Å². The molecule has 20 heavy (non-hydrogen) atoms. The summed E-state index contributed by atoms with van der Waals surface area (Å²) in [4.78, 5) is -0.665. The van der Waals surface area contributed by atoms with Crippen molar-refractivity contribution >= 4 is 10.0 Å². The Bertz CT molecular complexity index is 564. The highest BCUT2D eigenvalue weighted by atomic mass is 32.2. The number of halogens is 2. The second kappa shape index (κ2) is 7.07. The Morgan fingerprint density at radius 1 is 1.35 bits per heavy atom. The van der Waals surface area contributed by atoms with E-state index in [4.69, 9.17) is 4.74 Å². The summed E-state index contributed by atoms with van der Waals surface area (Å²) in [6.07, 6.45) is 0. The van der Waals surface area contributed by atoms with Crippen LogP contribution in [0.25, 0.3) is 0 Å². The van der Waals surface area contributed by atoms with Crippen molar-refractivity contribution in [1.29, 1.82) is 0 Å². The molecule has 1 N–H and O–H groups in total. The molecule has 0 atom stereocenters. The van der Waals surface area contributed by atoms with Crippen LogP contribution in [0.2, 0.25) is 0 Å². The fourth-order valence-electron chi connectivity index (χ4n) is 1.62. The first-order chi connectivity index (χ1) is 9.34. The van der Waals surface area contributed by atoms with E-state index in [-0.39, 0.29) is 19.7 Å². The van der Waals surface area contributed by atoms with Gasteiger partial charge in [0.25, 0.3) is 0 Å². The highest BCUT2D eigenvalue weighted by Crippen LogP contribution is 2.22. The minimum atomic E-state index is -4.09. The molecule has 0 unspecified atom stereocenters. The Morgan fingerprint density at radius 2 is 2.00 bits per heavy atom. The Hall–Kier alpha value is -1.09. The molecule has 0 aromatic heterocycles. The zero-order valence-electron chi connectivity index (χ0n) is 11.6. The molecule has 0 aliphatic heterocycles. The highest BCUT2D eigenvalue weighted by Gasteiger charge is 2.27. The van der Waals surface area contributed by atoms with Crippen LogP contribution in [0, 0.1) is 11.6 Å². The van der Waals surface area contributed by atoms with Gasteiger partial charge in [-0.15, -0.1) is 0 Å². The van der Waals surface area contributed by atoms with Crippen LogP contribution in [0.1, 0.15) is 5.56 Å². The standard InChI is InChI=1S/C12H18F2N2O3S/c1-15-8-9-6-10(13)12(14)11(7-9)20(17,18)16(2)4-5-19-3/h6-7,15H,4-5,8H2,1-3H3. The van der Waals surface area contributed by atoms with Crippen LogP contribution in [0.4, 0.5) is 8.78 Å². The fourth-order valence-corrected chi connectivity index (χ4v) is 2.89. The molecular weight excluding hydrogens is 290 g/mol. The quantitative estimate of drug-likeness (QED) is 0.815. The predicted molar refractivity (Wildman–Crippen MR) is 70.8 cm³/mol. The molecule has 0 fully saturated rings. The van der Waals surface area contributed by atoms with Gasteiger partial charge in [-0.3, -0.25) is 0 Å². The summed E-state index contributed by atoms with van der Waals surface area (Å²) in [7, 11) is 0.243. The molecular formula is C12H18F2N2O3S. The lowest BCUT2D eigenvalue weighted by Crippen LogP contribution is -2.31. The van der Waals surface area contributed by atoms with Gasteiger partial charge in [-0.2, -0.15) is 4.31 Å². The molecule has 0 aliphatic rings. The summed E-state index contributed by atoms with van der Waals surface area (Å²) in [6, 6.07) is 2.10. The second-order valence-corrected chi connectivity index (χ2v) is 6.25. The van der Waals surface area contributed by atoms with Crippen LogP contribution in [-0.4, -0.2) is 47.1 Å². The maximum absolute atomic E-state index is 13.8. The number of hydrogen-bond acceptors (Lipinski definition) is 4. The third-order valence-corrected chi connectivity index (χ3v) is 4.59. The van der Waals surface area contributed by atoms with E-state index in [1.165, 1.54) is 14.2 Å². The number of nitrogens with one attached hydrogen (secondary N) is 1. The van der Waals surface area contributed by atoms with Crippen LogP contribution < -0.4 is 5.32 Å². The number of sulfonamides is 1. The van der Waals surface area contributed by atoms with Gasteiger partial charge in [-0.1, -0.05) is 0 Å². The lowest BCUT2D eigenvalue weighted by atomic mass is 10.2. The molecule has 0 amide bonds. The molecule has 1 rings (SSSR count). The number of likely N-dealkylation sites (N-methyl/N-ethyl adjacent to an activating group) is 1. The maximum Gasteiger partial charge on any atom is 0.245 e. The van der Waals surface area contributed by atoms with Crippen molar-refractivity contribution in [1.82, 2.24) is 9.62 Å². The summed E-state index contributed by atoms with van der Waals surface area (Å²) >= 11 is 0. The average Bonchev–Trinajstić information content (AvgIpc) is 2.39. The third kappa shape index (κ3) is 3.72. The van der Waals surface area contributed by atoms with Crippen LogP contribution in [-0.2, 0) is 21.3 Å². The molecule has 0 aliphatic carbocycles. The summed E-state index contributed by atoms with van der Waals surface area (Å²) < 4.78 is 57.4. The lowest BCUT2D eigenvalue weighted by Gasteiger charge is -2.18. The van der Waals surface area contributed by atoms with E-state index in [0.29, 0.717) is 5.56 Å².